The van der Waals surface area contributed by atoms with E-state index in [-0.39, 0.29) is 11.5 Å². The molecule has 0 aliphatic carbocycles. The molecule has 0 aromatic heterocycles. The zero-order valence-electron chi connectivity index (χ0n) is 11.4. The summed E-state index contributed by atoms with van der Waals surface area (Å²) < 4.78 is 16.9. The predicted molar refractivity (Wildman–Crippen MR) is 79.7 cm³/mol. The zero-order valence-corrected chi connectivity index (χ0v) is 13.0. The number of carbonyl (C=O) groups is 1. The van der Waals surface area contributed by atoms with Crippen LogP contribution in [0.25, 0.3) is 0 Å². The highest BCUT2D eigenvalue weighted by molar-refractivity contribution is 7.85. The van der Waals surface area contributed by atoms with Crippen molar-refractivity contribution in [2.24, 2.45) is 5.92 Å². The lowest BCUT2D eigenvalue weighted by atomic mass is 10.1. The van der Waals surface area contributed by atoms with Crippen LogP contribution in [0.3, 0.4) is 0 Å². The quantitative estimate of drug-likeness (QED) is 0.726. The van der Waals surface area contributed by atoms with Crippen molar-refractivity contribution >= 4 is 28.2 Å². The van der Waals surface area contributed by atoms with E-state index in [4.69, 9.17) is 16.3 Å². The largest absolute Gasteiger partial charge is 0.495 e. The number of carbonyl (C=O) groups excluding carboxylic acids is 1. The molecule has 0 fully saturated rings. The number of hydrogen-bond acceptors (Lipinski definition) is 3. The van der Waals surface area contributed by atoms with E-state index in [1.807, 2.05) is 13.8 Å². The average Bonchev–Trinajstić information content (AvgIpc) is 2.38. The summed E-state index contributed by atoms with van der Waals surface area (Å²) in [5.41, 5.74) is 0.475. The van der Waals surface area contributed by atoms with Crippen molar-refractivity contribution in [1.82, 2.24) is 0 Å². The second-order valence-electron chi connectivity index (χ2n) is 4.54. The van der Waals surface area contributed by atoms with Gasteiger partial charge in [0.15, 0.2) is 5.78 Å². The Labute approximate surface area is 121 Å². The minimum absolute atomic E-state index is 0.0486. The fraction of sp³-hybridized carbons (Fsp3) is 0.500. The molecule has 1 aromatic carbocycles. The first-order valence-corrected chi connectivity index (χ1v) is 8.06. The van der Waals surface area contributed by atoms with Gasteiger partial charge in [-0.2, -0.15) is 0 Å². The van der Waals surface area contributed by atoms with Crippen molar-refractivity contribution in [2.75, 3.05) is 18.6 Å². The topological polar surface area (TPSA) is 43.4 Å². The van der Waals surface area contributed by atoms with Gasteiger partial charge in [0.2, 0.25) is 0 Å². The minimum Gasteiger partial charge on any atom is -0.495 e. The first kappa shape index (κ1) is 16.2. The van der Waals surface area contributed by atoms with Gasteiger partial charge in [0.25, 0.3) is 0 Å². The van der Waals surface area contributed by atoms with Crippen molar-refractivity contribution < 1.29 is 13.7 Å². The van der Waals surface area contributed by atoms with E-state index in [1.165, 1.54) is 7.11 Å². The zero-order chi connectivity index (χ0) is 14.4. The molecule has 2 atom stereocenters. The SMILES string of the molecule is CCC(C)CS(=O)CC(=O)c1ccc(OC)c(Cl)c1. The summed E-state index contributed by atoms with van der Waals surface area (Å²) in [4.78, 5) is 12.0. The van der Waals surface area contributed by atoms with E-state index in [0.29, 0.717) is 28.0 Å². The highest BCUT2D eigenvalue weighted by Crippen LogP contribution is 2.25. The summed E-state index contributed by atoms with van der Waals surface area (Å²) in [5, 5.41) is 0.390. The Hall–Kier alpha value is -0.870. The highest BCUT2D eigenvalue weighted by atomic mass is 35.5. The van der Waals surface area contributed by atoms with Crippen LogP contribution in [0, 0.1) is 5.92 Å². The summed E-state index contributed by atoms with van der Waals surface area (Å²) in [5.74, 6) is 1.36. The molecule has 0 saturated heterocycles. The van der Waals surface area contributed by atoms with Gasteiger partial charge in [-0.3, -0.25) is 9.00 Å². The second-order valence-corrected chi connectivity index (χ2v) is 6.45. The van der Waals surface area contributed by atoms with Crippen molar-refractivity contribution in [3.8, 4) is 5.75 Å². The molecule has 1 rings (SSSR count). The first-order valence-electron chi connectivity index (χ1n) is 6.19. The molecular formula is C14H19ClO3S. The van der Waals surface area contributed by atoms with Gasteiger partial charge in [0.1, 0.15) is 5.75 Å². The number of hydrogen-bond donors (Lipinski definition) is 0. The smallest absolute Gasteiger partial charge is 0.175 e. The number of halogens is 1. The van der Waals surface area contributed by atoms with E-state index >= 15 is 0 Å². The van der Waals surface area contributed by atoms with Gasteiger partial charge < -0.3 is 4.74 Å². The number of Topliss-reactive ketones (excluding diaryl/α,β-unsaturated/α-hetero) is 1. The Kier molecular flexibility index (Phi) is 6.52. The van der Waals surface area contributed by atoms with E-state index in [1.54, 1.807) is 18.2 Å². The van der Waals surface area contributed by atoms with Gasteiger partial charge in [-0.05, 0) is 24.1 Å². The molecule has 0 aliphatic rings. The van der Waals surface area contributed by atoms with E-state index in [0.717, 1.165) is 6.42 Å². The molecule has 5 heteroatoms. The number of methoxy groups -OCH3 is 1. The summed E-state index contributed by atoms with van der Waals surface area (Å²) in [6, 6.07) is 4.85. The van der Waals surface area contributed by atoms with Crippen LogP contribution in [0.5, 0.6) is 5.75 Å². The Balaban J connectivity index is 2.68. The van der Waals surface area contributed by atoms with Crippen LogP contribution >= 0.6 is 11.6 Å². The maximum Gasteiger partial charge on any atom is 0.175 e. The van der Waals surface area contributed by atoms with Crippen molar-refractivity contribution in [3.63, 3.8) is 0 Å². The number of ketones is 1. The third-order valence-electron chi connectivity index (χ3n) is 2.93. The lowest BCUT2D eigenvalue weighted by Crippen LogP contribution is -2.16. The van der Waals surface area contributed by atoms with Gasteiger partial charge in [-0.15, -0.1) is 0 Å². The van der Waals surface area contributed by atoms with E-state index in [9.17, 15) is 9.00 Å². The van der Waals surface area contributed by atoms with Gasteiger partial charge in [-0.1, -0.05) is 31.9 Å². The lowest BCUT2D eigenvalue weighted by molar-refractivity contribution is 0.102. The number of benzene rings is 1. The summed E-state index contributed by atoms with van der Waals surface area (Å²) in [6.07, 6.45) is 0.967. The number of ether oxygens (including phenoxy) is 1. The molecule has 2 unspecified atom stereocenters. The molecular weight excluding hydrogens is 284 g/mol. The molecule has 0 aliphatic heterocycles. The van der Waals surface area contributed by atoms with Crippen LogP contribution in [-0.4, -0.2) is 28.6 Å². The van der Waals surface area contributed by atoms with Crippen molar-refractivity contribution in [3.05, 3.63) is 28.8 Å². The van der Waals surface area contributed by atoms with Gasteiger partial charge in [0.05, 0.1) is 17.9 Å². The van der Waals surface area contributed by atoms with Crippen LogP contribution < -0.4 is 4.74 Å². The minimum atomic E-state index is -1.12. The molecule has 19 heavy (non-hydrogen) atoms. The van der Waals surface area contributed by atoms with Gasteiger partial charge in [-0.25, -0.2) is 0 Å². The van der Waals surface area contributed by atoms with Crippen molar-refractivity contribution in [2.45, 2.75) is 20.3 Å². The van der Waals surface area contributed by atoms with Crippen LogP contribution in [0.1, 0.15) is 30.6 Å². The predicted octanol–water partition coefficient (Wildman–Crippen LogP) is 3.33. The third-order valence-corrected chi connectivity index (χ3v) is 4.75. The van der Waals surface area contributed by atoms with Gasteiger partial charge >= 0.3 is 0 Å². The summed E-state index contributed by atoms with van der Waals surface area (Å²) in [7, 11) is 0.400. The standard InChI is InChI=1S/C14H19ClO3S/c1-4-10(2)8-19(17)9-13(16)11-5-6-14(18-3)12(15)7-11/h5-7,10H,4,8-9H2,1-3H3. The first-order chi connectivity index (χ1) is 8.97. The second kappa shape index (κ2) is 7.65. The third kappa shape index (κ3) is 4.96. The molecule has 0 spiro atoms. The van der Waals surface area contributed by atoms with Crippen LogP contribution in [-0.2, 0) is 10.8 Å². The molecule has 0 saturated carbocycles. The Bertz CT molecular complexity index is 474. The monoisotopic (exact) mass is 302 g/mol. The van der Waals surface area contributed by atoms with E-state index < -0.39 is 10.8 Å². The Morgan fingerprint density at radius 3 is 2.68 bits per heavy atom. The molecule has 0 radical (unpaired) electrons. The maximum atomic E-state index is 12.0. The van der Waals surface area contributed by atoms with Crippen molar-refractivity contribution in [1.29, 1.82) is 0 Å². The lowest BCUT2D eigenvalue weighted by Gasteiger charge is -2.08. The molecule has 1 aromatic rings. The molecule has 106 valence electrons. The number of rotatable bonds is 7. The maximum absolute atomic E-state index is 12.0. The molecule has 0 heterocycles. The summed E-state index contributed by atoms with van der Waals surface area (Å²) in [6.45, 7) is 4.08. The molecule has 0 bridgehead atoms. The molecule has 0 amide bonds. The average molecular weight is 303 g/mol. The van der Waals surface area contributed by atoms with Crippen LogP contribution in [0.2, 0.25) is 5.02 Å². The molecule has 3 nitrogen and oxygen atoms in total. The highest BCUT2D eigenvalue weighted by Gasteiger charge is 2.14. The normalized spacial score (nSPS) is 13.9. The van der Waals surface area contributed by atoms with E-state index in [2.05, 4.69) is 0 Å². The Morgan fingerprint density at radius 1 is 1.47 bits per heavy atom. The van der Waals surface area contributed by atoms with Crippen LogP contribution in [0.15, 0.2) is 18.2 Å². The van der Waals surface area contributed by atoms with Crippen LogP contribution in [0.4, 0.5) is 0 Å². The summed E-state index contributed by atoms with van der Waals surface area (Å²) >= 11 is 5.96. The fourth-order valence-corrected chi connectivity index (χ4v) is 3.27. The Morgan fingerprint density at radius 2 is 2.16 bits per heavy atom. The fourth-order valence-electron chi connectivity index (χ4n) is 1.56. The molecule has 0 N–H and O–H groups in total. The van der Waals surface area contributed by atoms with Gasteiger partial charge in [0, 0.05) is 22.1 Å².